The quantitative estimate of drug-likeness (QED) is 0.708. The molecule has 0 radical (unpaired) electrons. The van der Waals surface area contributed by atoms with Gasteiger partial charge in [-0.05, 0) is 32.9 Å². The standard InChI is InChI=1S/C11H17FN2O3S/c1-7-9(12)4-8(5-10(7)13)18(16,17)14-6-11(2,3)15/h4-5,14-15H,6,13H2,1-3H3. The molecule has 0 fully saturated rings. The lowest BCUT2D eigenvalue weighted by Gasteiger charge is -2.18. The van der Waals surface area contributed by atoms with Gasteiger partial charge in [0, 0.05) is 17.8 Å². The van der Waals surface area contributed by atoms with Crippen molar-refractivity contribution in [3.63, 3.8) is 0 Å². The van der Waals surface area contributed by atoms with Crippen LogP contribution in [0.15, 0.2) is 17.0 Å². The maximum absolute atomic E-state index is 13.4. The third-order valence-corrected chi connectivity index (χ3v) is 3.74. The topological polar surface area (TPSA) is 92.4 Å². The molecular formula is C11H17FN2O3S. The summed E-state index contributed by atoms with van der Waals surface area (Å²) in [6.45, 7) is 4.20. The van der Waals surface area contributed by atoms with E-state index in [4.69, 9.17) is 5.73 Å². The van der Waals surface area contributed by atoms with Crippen LogP contribution in [0.25, 0.3) is 0 Å². The summed E-state index contributed by atoms with van der Waals surface area (Å²) in [5, 5.41) is 9.46. The van der Waals surface area contributed by atoms with Gasteiger partial charge in [-0.25, -0.2) is 17.5 Å². The highest BCUT2D eigenvalue weighted by Gasteiger charge is 2.21. The van der Waals surface area contributed by atoms with Crippen LogP contribution in [0.4, 0.5) is 10.1 Å². The lowest BCUT2D eigenvalue weighted by Crippen LogP contribution is -2.38. The van der Waals surface area contributed by atoms with Crippen molar-refractivity contribution in [3.05, 3.63) is 23.5 Å². The van der Waals surface area contributed by atoms with Gasteiger partial charge in [-0.15, -0.1) is 0 Å². The minimum Gasteiger partial charge on any atom is -0.398 e. The smallest absolute Gasteiger partial charge is 0.240 e. The molecule has 0 amide bonds. The average Bonchev–Trinajstić information content (AvgIpc) is 2.21. The second-order valence-corrected chi connectivity index (χ2v) is 6.52. The molecule has 5 nitrogen and oxygen atoms in total. The number of halogens is 1. The predicted octanol–water partition coefficient (Wildman–Crippen LogP) is 0.766. The number of nitrogens with one attached hydrogen (secondary N) is 1. The minimum absolute atomic E-state index is 0.0682. The summed E-state index contributed by atoms with van der Waals surface area (Å²) in [5.41, 5.74) is 4.60. The predicted molar refractivity (Wildman–Crippen MR) is 67.0 cm³/mol. The molecule has 102 valence electrons. The van der Waals surface area contributed by atoms with Gasteiger partial charge in [-0.3, -0.25) is 0 Å². The molecule has 0 saturated carbocycles. The van der Waals surface area contributed by atoms with Gasteiger partial charge in [0.05, 0.1) is 10.5 Å². The Morgan fingerprint density at radius 1 is 1.44 bits per heavy atom. The van der Waals surface area contributed by atoms with Crippen molar-refractivity contribution in [3.8, 4) is 0 Å². The Kier molecular flexibility index (Phi) is 3.99. The van der Waals surface area contributed by atoms with Crippen LogP contribution in [-0.2, 0) is 10.0 Å². The van der Waals surface area contributed by atoms with Gasteiger partial charge in [0.15, 0.2) is 0 Å². The lowest BCUT2D eigenvalue weighted by atomic mass is 10.1. The van der Waals surface area contributed by atoms with E-state index in [0.29, 0.717) is 0 Å². The molecule has 1 aromatic carbocycles. The first kappa shape index (κ1) is 14.9. The van der Waals surface area contributed by atoms with E-state index >= 15 is 0 Å². The third kappa shape index (κ3) is 3.66. The Hall–Kier alpha value is -1.18. The SMILES string of the molecule is Cc1c(N)cc(S(=O)(=O)NCC(C)(C)O)cc1F. The molecule has 4 N–H and O–H groups in total. The zero-order valence-corrected chi connectivity index (χ0v) is 11.3. The molecule has 0 saturated heterocycles. The largest absolute Gasteiger partial charge is 0.398 e. The number of anilines is 1. The first-order valence-corrected chi connectivity index (χ1v) is 6.79. The highest BCUT2D eigenvalue weighted by Crippen LogP contribution is 2.20. The van der Waals surface area contributed by atoms with E-state index in [2.05, 4.69) is 4.72 Å². The molecule has 0 aromatic heterocycles. The molecule has 0 unspecified atom stereocenters. The molecule has 1 rings (SSSR count). The molecule has 7 heteroatoms. The minimum atomic E-state index is -3.89. The van der Waals surface area contributed by atoms with Crippen molar-refractivity contribution in [2.24, 2.45) is 0 Å². The van der Waals surface area contributed by atoms with Crippen LogP contribution in [-0.4, -0.2) is 25.7 Å². The fourth-order valence-electron chi connectivity index (χ4n) is 1.18. The van der Waals surface area contributed by atoms with E-state index in [-0.39, 0.29) is 22.7 Å². The summed E-state index contributed by atoms with van der Waals surface area (Å²) >= 11 is 0. The van der Waals surface area contributed by atoms with E-state index in [1.165, 1.54) is 26.8 Å². The molecule has 0 aliphatic carbocycles. The molecule has 0 aliphatic heterocycles. The van der Waals surface area contributed by atoms with Crippen molar-refractivity contribution in [2.75, 3.05) is 12.3 Å². The van der Waals surface area contributed by atoms with E-state index in [9.17, 15) is 17.9 Å². The summed E-state index contributed by atoms with van der Waals surface area (Å²) < 4.78 is 39.3. The van der Waals surface area contributed by atoms with Gasteiger partial charge in [0.2, 0.25) is 10.0 Å². The fraction of sp³-hybridized carbons (Fsp3) is 0.455. The van der Waals surface area contributed by atoms with Crippen molar-refractivity contribution in [1.29, 1.82) is 0 Å². The van der Waals surface area contributed by atoms with Crippen LogP contribution < -0.4 is 10.5 Å². The number of nitrogens with two attached hydrogens (primary N) is 1. The maximum Gasteiger partial charge on any atom is 0.240 e. The first-order chi connectivity index (χ1) is 8.03. The van der Waals surface area contributed by atoms with E-state index in [1.807, 2.05) is 0 Å². The van der Waals surface area contributed by atoms with E-state index in [0.717, 1.165) is 6.07 Å². The zero-order chi connectivity index (χ0) is 14.1. The number of sulfonamides is 1. The summed E-state index contributed by atoms with van der Waals surface area (Å²) in [7, 11) is -3.89. The van der Waals surface area contributed by atoms with Crippen molar-refractivity contribution >= 4 is 15.7 Å². The van der Waals surface area contributed by atoms with E-state index in [1.54, 1.807) is 0 Å². The second-order valence-electron chi connectivity index (χ2n) is 4.76. The van der Waals surface area contributed by atoms with E-state index < -0.39 is 21.4 Å². The van der Waals surface area contributed by atoms with Crippen LogP contribution in [0.5, 0.6) is 0 Å². The number of benzene rings is 1. The zero-order valence-electron chi connectivity index (χ0n) is 10.5. The highest BCUT2D eigenvalue weighted by atomic mass is 32.2. The van der Waals surface area contributed by atoms with Crippen LogP contribution in [0.3, 0.4) is 0 Å². The number of hydrogen-bond donors (Lipinski definition) is 3. The van der Waals surface area contributed by atoms with Gasteiger partial charge >= 0.3 is 0 Å². The Balaban J connectivity index is 3.07. The summed E-state index contributed by atoms with van der Waals surface area (Å²) in [4.78, 5) is -0.257. The van der Waals surface area contributed by atoms with Gasteiger partial charge in [0.1, 0.15) is 5.82 Å². The van der Waals surface area contributed by atoms with Gasteiger partial charge < -0.3 is 10.8 Å². The van der Waals surface area contributed by atoms with Gasteiger partial charge in [0.25, 0.3) is 0 Å². The third-order valence-electron chi connectivity index (χ3n) is 2.36. The maximum atomic E-state index is 13.4. The summed E-state index contributed by atoms with van der Waals surface area (Å²) in [5.74, 6) is -0.682. The molecule has 0 heterocycles. The molecule has 0 bridgehead atoms. The monoisotopic (exact) mass is 276 g/mol. The van der Waals surface area contributed by atoms with Crippen LogP contribution in [0.2, 0.25) is 0 Å². The molecule has 1 aromatic rings. The van der Waals surface area contributed by atoms with Crippen molar-refractivity contribution in [1.82, 2.24) is 4.72 Å². The number of rotatable bonds is 4. The van der Waals surface area contributed by atoms with Crippen LogP contribution in [0, 0.1) is 12.7 Å². The Labute approximate surface area is 106 Å². The summed E-state index contributed by atoms with van der Waals surface area (Å²) in [6, 6.07) is 2.09. The molecular weight excluding hydrogens is 259 g/mol. The van der Waals surface area contributed by atoms with Crippen LogP contribution >= 0.6 is 0 Å². The van der Waals surface area contributed by atoms with Crippen molar-refractivity contribution in [2.45, 2.75) is 31.3 Å². The number of aliphatic hydroxyl groups is 1. The van der Waals surface area contributed by atoms with Gasteiger partial charge in [-0.1, -0.05) is 0 Å². The highest BCUT2D eigenvalue weighted by molar-refractivity contribution is 7.89. The Morgan fingerprint density at radius 2 is 2.00 bits per heavy atom. The Morgan fingerprint density at radius 3 is 2.44 bits per heavy atom. The van der Waals surface area contributed by atoms with Crippen LogP contribution in [0.1, 0.15) is 19.4 Å². The number of nitrogen functional groups attached to an aromatic ring is 1. The molecule has 0 spiro atoms. The van der Waals surface area contributed by atoms with Crippen molar-refractivity contribution < 1.29 is 17.9 Å². The molecule has 18 heavy (non-hydrogen) atoms. The Bertz CT molecular complexity index is 527. The summed E-state index contributed by atoms with van der Waals surface area (Å²) in [6.07, 6.45) is 0. The fourth-order valence-corrected chi connectivity index (χ4v) is 2.43. The second kappa shape index (κ2) is 4.83. The lowest BCUT2D eigenvalue weighted by molar-refractivity contribution is 0.0857. The molecule has 0 atom stereocenters. The number of hydrogen-bond acceptors (Lipinski definition) is 4. The average molecular weight is 276 g/mol. The molecule has 0 aliphatic rings. The first-order valence-electron chi connectivity index (χ1n) is 5.30. The van der Waals surface area contributed by atoms with Gasteiger partial charge in [-0.2, -0.15) is 0 Å². The normalized spacial score (nSPS) is 12.7.